The lowest BCUT2D eigenvalue weighted by Gasteiger charge is -2.11. The van der Waals surface area contributed by atoms with Crippen LogP contribution in [-0.2, 0) is 0 Å². The predicted octanol–water partition coefficient (Wildman–Crippen LogP) is 11.8. The van der Waals surface area contributed by atoms with Crippen LogP contribution in [0.4, 0.5) is 0 Å². The molecular weight excluding hydrogens is 629 g/mol. The molecular formula is C45H26N4O2. The second-order valence-electron chi connectivity index (χ2n) is 11.3. The van der Waals surface area contributed by atoms with E-state index < -0.39 is 144 Å². The molecule has 0 saturated heterocycles. The fourth-order valence-corrected chi connectivity index (χ4v) is 6.39. The van der Waals surface area contributed by atoms with Crippen LogP contribution in [0.25, 0.3) is 106 Å². The van der Waals surface area contributed by atoms with Gasteiger partial charge in [-0.1, -0.05) is 121 Å². The number of furan rings is 2. The molecule has 0 aliphatic carbocycles. The highest BCUT2D eigenvalue weighted by atomic mass is 16.3. The number of rotatable bonds is 4. The molecule has 11 aromatic rings. The molecule has 6 heteroatoms. The SMILES string of the molecule is [2H]c1c([2H])c([2H])c(-c2nc(-c3ccc4c(c3)oc3cccc(-c5c([2H])c([2H])c([2H])c([2H])c5[2H])c34)nc(-n3c4c([2H])c([2H])c([2H])c([2H])c4c4c([2H])c([2H])c5c(oc6c([2H])c([2H])c([2H])c([2H])c65)c43)n2)c([2H])c1[2H]. The average Bonchev–Trinajstić information content (AvgIpc) is 4.06. The van der Waals surface area contributed by atoms with Gasteiger partial charge in [-0.25, -0.2) is 4.98 Å². The summed E-state index contributed by atoms with van der Waals surface area (Å²) in [5, 5.41) is -0.338. The van der Waals surface area contributed by atoms with Crippen molar-refractivity contribution in [3.63, 3.8) is 0 Å². The summed E-state index contributed by atoms with van der Waals surface area (Å²) in [5.41, 5.74) is -1.19. The van der Waals surface area contributed by atoms with Crippen molar-refractivity contribution < 1.29 is 36.2 Å². The standard InChI is InChI=1S/C45H26N4O2/c1-3-12-27(13-4-1)30-18-11-21-38-40(30)35-23-22-29(26-39(35)50-38)44-46-43(28-14-5-2-6-15-28)47-45(48-44)49-36-19-9-7-16-31(36)33-24-25-34-32-17-8-10-20-37(32)51-42(34)41(33)49/h1-26H/i1D,2D,3D,4D,5D,6D,7D,8D,9D,10D,12D,13D,14D,15D,16D,17D,19D,20D,24D,25D. The van der Waals surface area contributed by atoms with Gasteiger partial charge < -0.3 is 8.83 Å². The number of para-hydroxylation sites is 2. The molecule has 238 valence electrons. The minimum Gasteiger partial charge on any atom is -0.456 e. The first-order valence-electron chi connectivity index (χ1n) is 25.3. The normalized spacial score (nSPS) is 17.4. The van der Waals surface area contributed by atoms with Gasteiger partial charge in [-0.3, -0.25) is 4.57 Å². The Balaban J connectivity index is 1.29. The fraction of sp³-hybridized carbons (Fsp3) is 0. The lowest BCUT2D eigenvalue weighted by molar-refractivity contribution is 0.669. The first-order valence-corrected chi connectivity index (χ1v) is 15.3. The van der Waals surface area contributed by atoms with Crippen LogP contribution in [0.2, 0.25) is 0 Å². The predicted molar refractivity (Wildman–Crippen MR) is 205 cm³/mol. The summed E-state index contributed by atoms with van der Waals surface area (Å²) >= 11 is 0. The molecule has 4 heterocycles. The first-order chi connectivity index (χ1) is 33.6. The Morgan fingerprint density at radius 1 is 0.490 bits per heavy atom. The molecule has 0 radical (unpaired) electrons. The summed E-state index contributed by atoms with van der Waals surface area (Å²) in [6.07, 6.45) is 0. The zero-order chi connectivity index (χ0) is 50.9. The molecule has 0 unspecified atom stereocenters. The zero-order valence-corrected chi connectivity index (χ0v) is 25.6. The number of aromatic nitrogens is 4. The van der Waals surface area contributed by atoms with Crippen LogP contribution in [0.5, 0.6) is 0 Å². The van der Waals surface area contributed by atoms with Gasteiger partial charge in [0.2, 0.25) is 5.95 Å². The quantitative estimate of drug-likeness (QED) is 0.186. The number of hydrogen-bond acceptors (Lipinski definition) is 5. The molecule has 0 N–H and O–H groups in total. The summed E-state index contributed by atoms with van der Waals surface area (Å²) in [6.45, 7) is 0. The molecule has 51 heavy (non-hydrogen) atoms. The van der Waals surface area contributed by atoms with Gasteiger partial charge in [0.25, 0.3) is 0 Å². The molecule has 0 atom stereocenters. The van der Waals surface area contributed by atoms with Gasteiger partial charge in [-0.15, -0.1) is 0 Å². The van der Waals surface area contributed by atoms with Gasteiger partial charge in [-0.05, 0) is 47.5 Å². The third-order valence-electron chi connectivity index (χ3n) is 8.54. The maximum absolute atomic E-state index is 9.37. The van der Waals surface area contributed by atoms with Crippen molar-refractivity contribution in [1.29, 1.82) is 0 Å². The van der Waals surface area contributed by atoms with Gasteiger partial charge >= 0.3 is 0 Å². The van der Waals surface area contributed by atoms with E-state index in [1.807, 2.05) is 0 Å². The Hall–Kier alpha value is -7.05. The second-order valence-corrected chi connectivity index (χ2v) is 11.3. The van der Waals surface area contributed by atoms with E-state index in [9.17, 15) is 4.11 Å². The third-order valence-corrected chi connectivity index (χ3v) is 8.54. The Morgan fingerprint density at radius 2 is 1.20 bits per heavy atom. The van der Waals surface area contributed by atoms with Crippen molar-refractivity contribution in [2.75, 3.05) is 0 Å². The van der Waals surface area contributed by atoms with Crippen molar-refractivity contribution >= 4 is 65.7 Å². The molecule has 7 aromatic carbocycles. The van der Waals surface area contributed by atoms with E-state index in [0.29, 0.717) is 10.8 Å². The average molecular weight is 675 g/mol. The van der Waals surface area contributed by atoms with E-state index in [2.05, 4.69) is 9.97 Å². The summed E-state index contributed by atoms with van der Waals surface area (Å²) in [6, 6.07) is -3.50. The highest BCUT2D eigenvalue weighted by Gasteiger charge is 2.22. The van der Waals surface area contributed by atoms with Gasteiger partial charge in [0.15, 0.2) is 17.2 Å². The molecule has 0 spiro atoms. The van der Waals surface area contributed by atoms with E-state index >= 15 is 0 Å². The third kappa shape index (κ3) is 4.20. The molecule has 0 bridgehead atoms. The van der Waals surface area contributed by atoms with Crippen molar-refractivity contribution in [2.45, 2.75) is 0 Å². The van der Waals surface area contributed by atoms with Gasteiger partial charge in [0, 0.05) is 43.4 Å². The minimum absolute atomic E-state index is 0.0759. The smallest absolute Gasteiger partial charge is 0.238 e. The van der Waals surface area contributed by atoms with E-state index in [4.69, 9.17) is 37.1 Å². The lowest BCUT2D eigenvalue weighted by Crippen LogP contribution is -2.06. The lowest BCUT2D eigenvalue weighted by atomic mass is 9.99. The van der Waals surface area contributed by atoms with Crippen molar-refractivity contribution in [1.82, 2.24) is 19.5 Å². The van der Waals surface area contributed by atoms with Crippen LogP contribution >= 0.6 is 0 Å². The van der Waals surface area contributed by atoms with Crippen LogP contribution in [0, 0.1) is 0 Å². The summed E-state index contributed by atoms with van der Waals surface area (Å²) in [5.74, 6) is -1.34. The van der Waals surface area contributed by atoms with Crippen LogP contribution in [0.15, 0.2) is 166 Å². The van der Waals surface area contributed by atoms with Crippen molar-refractivity contribution in [2.24, 2.45) is 0 Å². The molecule has 0 aliphatic heterocycles. The van der Waals surface area contributed by atoms with Crippen molar-refractivity contribution in [3.8, 4) is 39.9 Å². The molecule has 4 aromatic heterocycles. The number of fused-ring (bicyclic) bond motifs is 10. The van der Waals surface area contributed by atoms with Crippen molar-refractivity contribution in [3.05, 3.63) is 157 Å². The minimum atomic E-state index is -0.750. The Bertz CT molecular complexity index is 4260. The van der Waals surface area contributed by atoms with E-state index in [1.165, 1.54) is 12.1 Å². The molecule has 0 saturated carbocycles. The van der Waals surface area contributed by atoms with E-state index in [1.54, 1.807) is 24.3 Å². The van der Waals surface area contributed by atoms with Gasteiger partial charge in [0.05, 0.1) is 32.9 Å². The molecule has 11 rings (SSSR count). The Morgan fingerprint density at radius 3 is 2.04 bits per heavy atom. The highest BCUT2D eigenvalue weighted by Crippen LogP contribution is 2.41. The topological polar surface area (TPSA) is 69.9 Å². The van der Waals surface area contributed by atoms with E-state index in [0.717, 1.165) is 4.57 Å². The largest absolute Gasteiger partial charge is 0.456 e. The maximum atomic E-state index is 9.37. The fourth-order valence-electron chi connectivity index (χ4n) is 6.39. The summed E-state index contributed by atoms with van der Waals surface area (Å²) in [4.78, 5) is 14.0. The highest BCUT2D eigenvalue weighted by molar-refractivity contribution is 6.21. The number of hydrogen-bond donors (Lipinski definition) is 0. The zero-order valence-electron chi connectivity index (χ0n) is 45.6. The molecule has 0 fully saturated rings. The first kappa shape index (κ1) is 14.8. The summed E-state index contributed by atoms with van der Waals surface area (Å²) < 4.78 is 187. The number of nitrogens with zero attached hydrogens (tertiary/aromatic N) is 4. The monoisotopic (exact) mass is 674 g/mol. The van der Waals surface area contributed by atoms with Crippen LogP contribution in [0.1, 0.15) is 27.4 Å². The Labute approximate surface area is 319 Å². The van der Waals surface area contributed by atoms with Gasteiger partial charge in [0.1, 0.15) is 22.3 Å². The summed E-state index contributed by atoms with van der Waals surface area (Å²) in [7, 11) is 0. The molecule has 6 nitrogen and oxygen atoms in total. The van der Waals surface area contributed by atoms with E-state index in [-0.39, 0.29) is 71.8 Å². The molecule has 0 amide bonds. The van der Waals surface area contributed by atoms with Gasteiger partial charge in [-0.2, -0.15) is 9.97 Å². The maximum Gasteiger partial charge on any atom is 0.238 e. The van der Waals surface area contributed by atoms with Crippen LogP contribution in [0.3, 0.4) is 0 Å². The Kier molecular flexibility index (Phi) is 3.12. The molecule has 0 aliphatic rings. The van der Waals surface area contributed by atoms with Crippen LogP contribution < -0.4 is 0 Å². The second kappa shape index (κ2) is 10.7. The number of benzene rings is 7. The van der Waals surface area contributed by atoms with Crippen LogP contribution in [-0.4, -0.2) is 19.5 Å².